The Labute approximate surface area is 214 Å². The number of hydrogen-bond donors (Lipinski definition) is 2. The van der Waals surface area contributed by atoms with E-state index in [4.69, 9.17) is 0 Å². The van der Waals surface area contributed by atoms with E-state index in [1.807, 2.05) is 0 Å². The molecule has 0 unspecified atom stereocenters. The van der Waals surface area contributed by atoms with Crippen molar-refractivity contribution in [2.45, 2.75) is 11.8 Å². The topological polar surface area (TPSA) is 194 Å². The number of phenols is 1. The van der Waals surface area contributed by atoms with Crippen molar-refractivity contribution in [3.8, 4) is 5.75 Å². The normalized spacial score (nSPS) is 11.5. The van der Waals surface area contributed by atoms with Gasteiger partial charge >= 0.3 is 5.91 Å². The highest BCUT2D eigenvalue weighted by Gasteiger charge is 2.24. The third kappa shape index (κ3) is 5.15. The van der Waals surface area contributed by atoms with E-state index in [0.717, 1.165) is 23.8 Å². The molecule has 0 spiro atoms. The van der Waals surface area contributed by atoms with E-state index in [0.29, 0.717) is 11.5 Å². The molecule has 0 radical (unpaired) electrons. The number of nitrogens with one attached hydrogen (secondary N) is 1. The Hall–Kier alpha value is -5.24. The summed E-state index contributed by atoms with van der Waals surface area (Å²) in [5, 5.41) is 40.6. The molecule has 1 amide bonds. The van der Waals surface area contributed by atoms with Crippen molar-refractivity contribution < 1.29 is 28.2 Å². The zero-order chi connectivity index (χ0) is 27.6. The molecular weight excluding hydrogens is 518 g/mol. The van der Waals surface area contributed by atoms with Gasteiger partial charge in [0.15, 0.2) is 5.75 Å². The molecule has 4 aromatic carbocycles. The molecule has 4 rings (SSSR count). The van der Waals surface area contributed by atoms with Crippen LogP contribution in [0.2, 0.25) is 0 Å². The monoisotopic (exact) mass is 535 g/mol. The Kier molecular flexibility index (Phi) is 6.81. The lowest BCUT2D eigenvalue weighted by Gasteiger charge is -2.13. The van der Waals surface area contributed by atoms with Crippen molar-refractivity contribution in [3.05, 3.63) is 104 Å². The molecule has 13 nitrogen and oxygen atoms in total. The minimum atomic E-state index is -4.05. The van der Waals surface area contributed by atoms with Crippen molar-refractivity contribution in [1.82, 2.24) is 0 Å². The molecule has 0 heterocycles. The Morgan fingerprint density at radius 1 is 0.921 bits per heavy atom. The van der Waals surface area contributed by atoms with Crippen LogP contribution in [-0.2, 0) is 10.0 Å². The van der Waals surface area contributed by atoms with Crippen molar-refractivity contribution in [2.75, 3.05) is 4.72 Å². The second-order valence-corrected chi connectivity index (χ2v) is 9.66. The Morgan fingerprint density at radius 3 is 2.21 bits per heavy atom. The predicted octanol–water partition coefficient (Wildman–Crippen LogP) is 5.40. The van der Waals surface area contributed by atoms with Gasteiger partial charge in [-0.1, -0.05) is 42.0 Å². The molecule has 4 aromatic rings. The average molecular weight is 535 g/mol. The lowest BCUT2D eigenvalue weighted by Crippen LogP contribution is -2.13. The molecule has 38 heavy (non-hydrogen) atoms. The molecule has 0 aliphatic heterocycles. The third-order valence-corrected chi connectivity index (χ3v) is 6.82. The van der Waals surface area contributed by atoms with Gasteiger partial charge in [-0.15, -0.1) is 10.2 Å². The van der Waals surface area contributed by atoms with E-state index >= 15 is 0 Å². The van der Waals surface area contributed by atoms with E-state index in [1.54, 1.807) is 37.3 Å². The second kappa shape index (κ2) is 10.0. The molecule has 0 saturated heterocycles. The maximum absolute atomic E-state index is 13.0. The number of amides is 1. The van der Waals surface area contributed by atoms with Crippen LogP contribution in [0.25, 0.3) is 10.8 Å². The second-order valence-electron chi connectivity index (χ2n) is 7.98. The van der Waals surface area contributed by atoms with Gasteiger partial charge < -0.3 is 5.11 Å². The van der Waals surface area contributed by atoms with Gasteiger partial charge in [0, 0.05) is 16.8 Å². The van der Waals surface area contributed by atoms with Crippen molar-refractivity contribution in [2.24, 2.45) is 10.2 Å². The van der Waals surface area contributed by atoms with E-state index in [9.17, 15) is 38.5 Å². The summed E-state index contributed by atoms with van der Waals surface area (Å²) < 4.78 is 28.4. The highest BCUT2D eigenvalue weighted by Crippen LogP contribution is 2.40. The standard InChI is InChI=1S/C24H17N5O8S/c1-14-6-9-16(10-7-14)38(36,37)27-20-13-21(23(30)18-5-3-2-4-17(18)20)25-26-24(31)19-11-8-15(28(32)33)12-22(19)29(34)35/h2-13,27,30H,1H3. The molecule has 0 aromatic heterocycles. The number of fused-ring (bicyclic) bond motifs is 1. The molecule has 0 saturated carbocycles. The molecule has 0 bridgehead atoms. The van der Waals surface area contributed by atoms with E-state index in [-0.39, 0.29) is 21.7 Å². The van der Waals surface area contributed by atoms with E-state index in [2.05, 4.69) is 15.0 Å². The van der Waals surface area contributed by atoms with Crippen LogP contribution in [0, 0.1) is 27.2 Å². The number of azo groups is 1. The van der Waals surface area contributed by atoms with Gasteiger partial charge in [0.05, 0.1) is 26.5 Å². The first-order valence-corrected chi connectivity index (χ1v) is 12.2. The van der Waals surface area contributed by atoms with Gasteiger partial charge in [0.25, 0.3) is 21.4 Å². The van der Waals surface area contributed by atoms with Gasteiger partial charge in [0.2, 0.25) is 0 Å². The summed E-state index contributed by atoms with van der Waals surface area (Å²) in [4.78, 5) is 33.0. The maximum Gasteiger partial charge on any atom is 0.302 e. The Balaban J connectivity index is 1.76. The zero-order valence-electron chi connectivity index (χ0n) is 19.4. The van der Waals surface area contributed by atoms with Gasteiger partial charge in [-0.25, -0.2) is 8.42 Å². The Bertz CT molecular complexity index is 1750. The number of sulfonamides is 1. The summed E-state index contributed by atoms with van der Waals surface area (Å²) >= 11 is 0. The van der Waals surface area contributed by atoms with Crippen molar-refractivity contribution in [3.63, 3.8) is 0 Å². The summed E-state index contributed by atoms with van der Waals surface area (Å²) in [6, 6.07) is 16.0. The fraction of sp³-hybridized carbons (Fsp3) is 0.0417. The number of phenolic OH excluding ortho intramolecular Hbond substituents is 1. The SMILES string of the molecule is Cc1ccc(S(=O)(=O)Nc2cc(N=NC(=O)c3ccc([N+](=O)[O-])cc3[N+](=O)[O-])c(O)c3ccccc23)cc1. The number of nitrogens with zero attached hydrogens (tertiary/aromatic N) is 4. The van der Waals surface area contributed by atoms with Crippen molar-refractivity contribution >= 4 is 49.5 Å². The van der Waals surface area contributed by atoms with Crippen LogP contribution >= 0.6 is 0 Å². The largest absolute Gasteiger partial charge is 0.505 e. The minimum absolute atomic E-state index is 0.0101. The average Bonchev–Trinajstić information content (AvgIpc) is 2.89. The number of hydrogen-bond acceptors (Lipinski definition) is 9. The van der Waals surface area contributed by atoms with Gasteiger partial charge in [-0.2, -0.15) is 0 Å². The number of nitro groups is 2. The summed E-state index contributed by atoms with van der Waals surface area (Å²) in [5.41, 5.74) is -1.42. The number of nitro benzene ring substituents is 2. The van der Waals surface area contributed by atoms with Gasteiger partial charge in [0.1, 0.15) is 11.3 Å². The van der Waals surface area contributed by atoms with Crippen molar-refractivity contribution in [1.29, 1.82) is 0 Å². The Morgan fingerprint density at radius 2 is 1.58 bits per heavy atom. The first-order valence-electron chi connectivity index (χ1n) is 10.7. The maximum atomic E-state index is 13.0. The highest BCUT2D eigenvalue weighted by atomic mass is 32.2. The van der Waals surface area contributed by atoms with Crippen LogP contribution in [0.4, 0.5) is 22.7 Å². The molecule has 2 N–H and O–H groups in total. The van der Waals surface area contributed by atoms with Crippen LogP contribution in [0.5, 0.6) is 5.75 Å². The zero-order valence-corrected chi connectivity index (χ0v) is 20.2. The molecule has 192 valence electrons. The summed E-state index contributed by atoms with van der Waals surface area (Å²) in [7, 11) is -4.05. The van der Waals surface area contributed by atoms with Gasteiger partial charge in [-0.3, -0.25) is 29.7 Å². The van der Waals surface area contributed by atoms with Crippen LogP contribution in [0.3, 0.4) is 0 Å². The quantitative estimate of drug-likeness (QED) is 0.136. The number of aryl methyl sites for hydroxylation is 1. The summed E-state index contributed by atoms with van der Waals surface area (Å²) in [6.45, 7) is 1.81. The number of non-ortho nitro benzene ring substituents is 1. The van der Waals surface area contributed by atoms with Crippen LogP contribution in [0.1, 0.15) is 15.9 Å². The molecular formula is C24H17N5O8S. The van der Waals surface area contributed by atoms with E-state index in [1.165, 1.54) is 18.2 Å². The van der Waals surface area contributed by atoms with Crippen LogP contribution < -0.4 is 4.72 Å². The number of aromatic hydroxyl groups is 1. The lowest BCUT2D eigenvalue weighted by atomic mass is 10.1. The van der Waals surface area contributed by atoms with E-state index < -0.39 is 48.5 Å². The summed E-state index contributed by atoms with van der Waals surface area (Å²) in [6.07, 6.45) is 0. The molecule has 0 aliphatic rings. The number of carbonyl (C=O) groups is 1. The predicted molar refractivity (Wildman–Crippen MR) is 136 cm³/mol. The number of carbonyl (C=O) groups excluding carboxylic acids is 1. The van der Waals surface area contributed by atoms with Gasteiger partial charge in [-0.05, 0) is 31.2 Å². The molecule has 0 atom stereocenters. The fourth-order valence-electron chi connectivity index (χ4n) is 3.55. The van der Waals surface area contributed by atoms with Crippen LogP contribution in [-0.4, -0.2) is 29.3 Å². The smallest absolute Gasteiger partial charge is 0.302 e. The first-order chi connectivity index (χ1) is 18.0. The molecule has 0 aliphatic carbocycles. The molecule has 0 fully saturated rings. The first kappa shape index (κ1) is 25.8. The fourth-order valence-corrected chi connectivity index (χ4v) is 4.62. The number of benzene rings is 4. The number of anilines is 1. The minimum Gasteiger partial charge on any atom is -0.505 e. The third-order valence-electron chi connectivity index (χ3n) is 5.44. The number of rotatable bonds is 7. The molecule has 14 heteroatoms. The lowest BCUT2D eigenvalue weighted by molar-refractivity contribution is -0.394. The van der Waals surface area contributed by atoms with Crippen LogP contribution in [0.15, 0.2) is 87.9 Å². The summed E-state index contributed by atoms with van der Waals surface area (Å²) in [5.74, 6) is -1.63. The highest BCUT2D eigenvalue weighted by molar-refractivity contribution is 7.92.